The molecule has 1 N–H and O–H groups in total. The lowest BCUT2D eigenvalue weighted by atomic mass is 10.1. The molecule has 0 fully saturated rings. The van der Waals surface area contributed by atoms with Gasteiger partial charge in [0.2, 0.25) is 5.17 Å². The minimum atomic E-state index is -0.475. The van der Waals surface area contributed by atoms with Crippen molar-refractivity contribution in [3.8, 4) is 11.5 Å². The van der Waals surface area contributed by atoms with Crippen LogP contribution < -0.4 is 9.47 Å². The molecule has 0 spiro atoms. The number of methoxy groups -OCH3 is 2. The van der Waals surface area contributed by atoms with E-state index in [1.165, 1.54) is 23.9 Å². The number of halogens is 1. The number of rotatable bonds is 5. The minimum Gasteiger partial charge on any atom is -0.493 e. The standard InChI is InChI=1S/C21H17ClN4O3S/c1-28-16-8-5-13(10-17(16)29-2)9-15-19(23)26-21(24-20(15)27)30-18(25-26)11-12-3-6-14(22)7-4-12/h3-10,23H,11H2,1-2H3/b15-9+,23-19?. The summed E-state index contributed by atoms with van der Waals surface area (Å²) in [5, 5.41) is 16.2. The van der Waals surface area contributed by atoms with Crippen LogP contribution in [0.15, 0.2) is 58.1 Å². The van der Waals surface area contributed by atoms with E-state index in [-0.39, 0.29) is 11.4 Å². The van der Waals surface area contributed by atoms with E-state index in [1.807, 2.05) is 24.3 Å². The van der Waals surface area contributed by atoms with E-state index in [0.717, 1.165) is 10.6 Å². The maximum absolute atomic E-state index is 12.6. The quantitative estimate of drug-likeness (QED) is 0.703. The normalized spacial score (nSPS) is 17.0. The van der Waals surface area contributed by atoms with Gasteiger partial charge in [-0.25, -0.2) is 0 Å². The lowest BCUT2D eigenvalue weighted by molar-refractivity contribution is -0.114. The molecule has 2 aliphatic rings. The second-order valence-corrected chi connectivity index (χ2v) is 7.91. The van der Waals surface area contributed by atoms with E-state index in [0.29, 0.717) is 33.7 Å². The summed E-state index contributed by atoms with van der Waals surface area (Å²) in [7, 11) is 3.09. The average molecular weight is 441 g/mol. The highest BCUT2D eigenvalue weighted by atomic mass is 35.5. The molecule has 1 amide bonds. The molecule has 2 heterocycles. The Morgan fingerprint density at radius 1 is 1.13 bits per heavy atom. The third kappa shape index (κ3) is 3.96. The van der Waals surface area contributed by atoms with Crippen molar-refractivity contribution in [1.82, 2.24) is 5.01 Å². The van der Waals surface area contributed by atoms with Crippen LogP contribution in [0.3, 0.4) is 0 Å². The molecular formula is C21H17ClN4O3S. The third-order valence-corrected chi connectivity index (χ3v) is 5.64. The third-order valence-electron chi connectivity index (χ3n) is 4.48. The second-order valence-electron chi connectivity index (χ2n) is 6.43. The van der Waals surface area contributed by atoms with Gasteiger partial charge in [-0.3, -0.25) is 10.2 Å². The van der Waals surface area contributed by atoms with Crippen LogP contribution in [-0.4, -0.2) is 41.2 Å². The number of amidine groups is 2. The molecule has 0 bridgehead atoms. The van der Waals surface area contributed by atoms with Gasteiger partial charge in [0.25, 0.3) is 5.91 Å². The molecule has 0 radical (unpaired) electrons. The summed E-state index contributed by atoms with van der Waals surface area (Å²) >= 11 is 7.22. The van der Waals surface area contributed by atoms with Crippen LogP contribution in [0.1, 0.15) is 11.1 Å². The van der Waals surface area contributed by atoms with Gasteiger partial charge < -0.3 is 9.47 Å². The number of amides is 1. The van der Waals surface area contributed by atoms with Crippen molar-refractivity contribution in [2.75, 3.05) is 14.2 Å². The molecule has 4 rings (SSSR count). The van der Waals surface area contributed by atoms with Crippen LogP contribution in [0, 0.1) is 5.41 Å². The van der Waals surface area contributed by atoms with Crippen LogP contribution in [0.4, 0.5) is 0 Å². The number of hydrogen-bond acceptors (Lipinski definition) is 6. The summed E-state index contributed by atoms with van der Waals surface area (Å²) < 4.78 is 10.5. The number of fused-ring (bicyclic) bond motifs is 1. The predicted octanol–water partition coefficient (Wildman–Crippen LogP) is 4.22. The Bertz CT molecular complexity index is 1130. The van der Waals surface area contributed by atoms with Crippen molar-refractivity contribution in [2.45, 2.75) is 6.42 Å². The lowest BCUT2D eigenvalue weighted by Gasteiger charge is -2.20. The molecule has 0 aromatic heterocycles. The van der Waals surface area contributed by atoms with E-state index < -0.39 is 5.91 Å². The van der Waals surface area contributed by atoms with Gasteiger partial charge in [0.05, 0.1) is 19.8 Å². The van der Waals surface area contributed by atoms with Gasteiger partial charge in [-0.1, -0.05) is 29.8 Å². The van der Waals surface area contributed by atoms with Gasteiger partial charge in [0.15, 0.2) is 17.3 Å². The molecular weight excluding hydrogens is 424 g/mol. The Morgan fingerprint density at radius 3 is 2.57 bits per heavy atom. The van der Waals surface area contributed by atoms with Crippen molar-refractivity contribution >= 4 is 51.4 Å². The number of benzene rings is 2. The molecule has 2 aromatic carbocycles. The largest absolute Gasteiger partial charge is 0.493 e. The SMILES string of the molecule is COc1ccc(/C=C2\C(=N)N3N=C(Cc4ccc(Cl)cc4)SC3=NC2=O)cc1OC. The molecule has 2 aliphatic heterocycles. The fourth-order valence-corrected chi connectivity index (χ4v) is 4.03. The first kappa shape index (κ1) is 20.2. The number of nitrogens with one attached hydrogen (secondary N) is 1. The molecule has 2 aromatic rings. The highest BCUT2D eigenvalue weighted by Gasteiger charge is 2.35. The topological polar surface area (TPSA) is 87.3 Å². The zero-order valence-corrected chi connectivity index (χ0v) is 17.8. The minimum absolute atomic E-state index is 0.0154. The average Bonchev–Trinajstić information content (AvgIpc) is 3.15. The molecule has 7 nitrogen and oxygen atoms in total. The fraction of sp³-hybridized carbons (Fsp3) is 0.143. The first-order chi connectivity index (χ1) is 14.5. The molecule has 0 saturated heterocycles. The van der Waals surface area contributed by atoms with E-state index in [9.17, 15) is 4.79 Å². The molecule has 152 valence electrons. The van der Waals surface area contributed by atoms with Gasteiger partial charge in [0, 0.05) is 11.4 Å². The summed E-state index contributed by atoms with van der Waals surface area (Å²) in [6, 6.07) is 12.7. The number of ether oxygens (including phenoxy) is 2. The van der Waals surface area contributed by atoms with E-state index in [4.69, 9.17) is 26.5 Å². The molecule has 0 aliphatic carbocycles. The van der Waals surface area contributed by atoms with Gasteiger partial charge in [-0.15, -0.1) is 0 Å². The Hall–Kier alpha value is -3.10. The van der Waals surface area contributed by atoms with Crippen LogP contribution in [0.5, 0.6) is 11.5 Å². The van der Waals surface area contributed by atoms with Crippen LogP contribution in [0.25, 0.3) is 6.08 Å². The van der Waals surface area contributed by atoms with Gasteiger partial charge in [0.1, 0.15) is 5.04 Å². The number of hydrazone groups is 1. The summed E-state index contributed by atoms with van der Waals surface area (Å²) in [4.78, 5) is 16.7. The number of aliphatic imine (C=N–C) groups is 1. The Morgan fingerprint density at radius 2 is 1.87 bits per heavy atom. The van der Waals surface area contributed by atoms with Crippen LogP contribution in [0.2, 0.25) is 5.02 Å². The monoisotopic (exact) mass is 440 g/mol. The number of nitrogens with zero attached hydrogens (tertiary/aromatic N) is 3. The van der Waals surface area contributed by atoms with Crippen molar-refractivity contribution in [1.29, 1.82) is 5.41 Å². The van der Waals surface area contributed by atoms with Crippen molar-refractivity contribution in [3.63, 3.8) is 0 Å². The maximum Gasteiger partial charge on any atom is 0.283 e. The summed E-state index contributed by atoms with van der Waals surface area (Å²) in [5.41, 5.74) is 1.88. The Kier molecular flexibility index (Phi) is 5.61. The first-order valence-electron chi connectivity index (χ1n) is 8.94. The Labute approximate surface area is 182 Å². The highest BCUT2D eigenvalue weighted by molar-refractivity contribution is 8.26. The van der Waals surface area contributed by atoms with E-state index in [2.05, 4.69) is 10.1 Å². The fourth-order valence-electron chi connectivity index (χ4n) is 2.99. The molecule has 30 heavy (non-hydrogen) atoms. The van der Waals surface area contributed by atoms with Crippen molar-refractivity contribution in [3.05, 3.63) is 64.2 Å². The maximum atomic E-state index is 12.6. The van der Waals surface area contributed by atoms with Gasteiger partial charge >= 0.3 is 0 Å². The predicted molar refractivity (Wildman–Crippen MR) is 120 cm³/mol. The zero-order chi connectivity index (χ0) is 21.3. The second kappa shape index (κ2) is 8.33. The van der Waals surface area contributed by atoms with Gasteiger partial charge in [-0.2, -0.15) is 15.1 Å². The molecule has 0 unspecified atom stereocenters. The molecule has 9 heteroatoms. The van der Waals surface area contributed by atoms with Crippen LogP contribution >= 0.6 is 23.4 Å². The number of thioether (sulfide) groups is 1. The summed E-state index contributed by atoms with van der Waals surface area (Å²) in [6.45, 7) is 0. The van der Waals surface area contributed by atoms with Crippen molar-refractivity contribution < 1.29 is 14.3 Å². The zero-order valence-electron chi connectivity index (χ0n) is 16.2. The number of carbonyl (C=O) groups is 1. The van der Waals surface area contributed by atoms with E-state index >= 15 is 0 Å². The van der Waals surface area contributed by atoms with Crippen LogP contribution in [-0.2, 0) is 11.2 Å². The summed E-state index contributed by atoms with van der Waals surface area (Å²) in [6.07, 6.45) is 2.16. The lowest BCUT2D eigenvalue weighted by Crippen LogP contribution is -2.35. The molecule has 0 saturated carbocycles. The number of hydrogen-bond donors (Lipinski definition) is 1. The first-order valence-corrected chi connectivity index (χ1v) is 10.1. The number of carbonyl (C=O) groups excluding carboxylic acids is 1. The van der Waals surface area contributed by atoms with Gasteiger partial charge in [-0.05, 0) is 53.2 Å². The Balaban J connectivity index is 1.60. The summed E-state index contributed by atoms with van der Waals surface area (Å²) in [5.74, 6) is 0.623. The smallest absolute Gasteiger partial charge is 0.283 e. The van der Waals surface area contributed by atoms with E-state index in [1.54, 1.807) is 31.4 Å². The highest BCUT2D eigenvalue weighted by Crippen LogP contribution is 2.32. The molecule has 0 atom stereocenters. The van der Waals surface area contributed by atoms with Crippen molar-refractivity contribution in [2.24, 2.45) is 10.1 Å².